The SMILES string of the molecule is CN1CCN(CCCCN2C(=O)Cc3cc(F)ccc32)CC1. The molecule has 120 valence electrons. The van der Waals surface area contributed by atoms with Gasteiger partial charge < -0.3 is 14.7 Å². The van der Waals surface area contributed by atoms with Crippen molar-refractivity contribution in [2.75, 3.05) is 51.2 Å². The monoisotopic (exact) mass is 305 g/mol. The molecule has 2 aliphatic heterocycles. The minimum absolute atomic E-state index is 0.0974. The first-order valence-electron chi connectivity index (χ1n) is 8.13. The molecule has 1 aromatic carbocycles. The Bertz CT molecular complexity index is 541. The van der Waals surface area contributed by atoms with Gasteiger partial charge in [0.2, 0.25) is 5.91 Å². The van der Waals surface area contributed by atoms with E-state index in [1.165, 1.54) is 12.1 Å². The maximum atomic E-state index is 13.2. The van der Waals surface area contributed by atoms with Gasteiger partial charge in [0.15, 0.2) is 0 Å². The van der Waals surface area contributed by atoms with E-state index in [-0.39, 0.29) is 11.7 Å². The Balaban J connectivity index is 1.45. The molecule has 0 saturated carbocycles. The van der Waals surface area contributed by atoms with Crippen LogP contribution in [-0.2, 0) is 11.2 Å². The summed E-state index contributed by atoms with van der Waals surface area (Å²) in [7, 11) is 2.16. The number of hydrogen-bond acceptors (Lipinski definition) is 3. The van der Waals surface area contributed by atoms with Crippen LogP contribution in [0.25, 0.3) is 0 Å². The predicted octanol–water partition coefficient (Wildman–Crippen LogP) is 1.74. The minimum atomic E-state index is -0.261. The van der Waals surface area contributed by atoms with Gasteiger partial charge in [-0.05, 0) is 50.2 Å². The van der Waals surface area contributed by atoms with Crippen molar-refractivity contribution in [3.63, 3.8) is 0 Å². The molecule has 0 unspecified atom stereocenters. The maximum absolute atomic E-state index is 13.2. The smallest absolute Gasteiger partial charge is 0.231 e. The van der Waals surface area contributed by atoms with Crippen LogP contribution in [0, 0.1) is 5.82 Å². The number of anilines is 1. The van der Waals surface area contributed by atoms with Gasteiger partial charge in [0.05, 0.1) is 6.42 Å². The van der Waals surface area contributed by atoms with Crippen LogP contribution in [-0.4, -0.2) is 62.0 Å². The van der Waals surface area contributed by atoms with E-state index >= 15 is 0 Å². The number of fused-ring (bicyclic) bond motifs is 1. The fourth-order valence-corrected chi connectivity index (χ4v) is 3.27. The highest BCUT2D eigenvalue weighted by atomic mass is 19.1. The molecular weight excluding hydrogens is 281 g/mol. The summed E-state index contributed by atoms with van der Waals surface area (Å²) in [6.07, 6.45) is 2.43. The van der Waals surface area contributed by atoms with E-state index in [2.05, 4.69) is 16.8 Å². The first kappa shape index (κ1) is 15.4. The number of benzene rings is 1. The molecule has 5 heteroatoms. The van der Waals surface area contributed by atoms with Crippen molar-refractivity contribution >= 4 is 11.6 Å². The fourth-order valence-electron chi connectivity index (χ4n) is 3.27. The number of rotatable bonds is 5. The number of carbonyl (C=O) groups excluding carboxylic acids is 1. The third-order valence-corrected chi connectivity index (χ3v) is 4.68. The lowest BCUT2D eigenvalue weighted by atomic mass is 10.1. The number of carbonyl (C=O) groups is 1. The zero-order valence-electron chi connectivity index (χ0n) is 13.2. The van der Waals surface area contributed by atoms with Crippen LogP contribution in [0.1, 0.15) is 18.4 Å². The second-order valence-electron chi connectivity index (χ2n) is 6.35. The summed E-state index contributed by atoms with van der Waals surface area (Å²) in [6.45, 7) is 6.41. The topological polar surface area (TPSA) is 26.8 Å². The van der Waals surface area contributed by atoms with Crippen LogP contribution in [0.2, 0.25) is 0 Å². The molecule has 0 atom stereocenters. The zero-order chi connectivity index (χ0) is 15.5. The summed E-state index contributed by atoms with van der Waals surface area (Å²) < 4.78 is 13.2. The Hall–Kier alpha value is -1.46. The average molecular weight is 305 g/mol. The molecule has 0 radical (unpaired) electrons. The molecule has 0 N–H and O–H groups in total. The number of hydrogen-bond donors (Lipinski definition) is 0. The van der Waals surface area contributed by atoms with Crippen LogP contribution in [0.3, 0.4) is 0 Å². The first-order valence-corrected chi connectivity index (χ1v) is 8.13. The van der Waals surface area contributed by atoms with Gasteiger partial charge in [0, 0.05) is 38.4 Å². The zero-order valence-corrected chi connectivity index (χ0v) is 13.2. The van der Waals surface area contributed by atoms with Gasteiger partial charge in [-0.3, -0.25) is 4.79 Å². The van der Waals surface area contributed by atoms with Crippen LogP contribution >= 0.6 is 0 Å². The Labute approximate surface area is 131 Å². The summed E-state index contributed by atoms with van der Waals surface area (Å²) >= 11 is 0. The third kappa shape index (κ3) is 3.47. The molecule has 22 heavy (non-hydrogen) atoms. The van der Waals surface area contributed by atoms with Crippen LogP contribution in [0.5, 0.6) is 0 Å². The molecule has 0 aliphatic carbocycles. The molecular formula is C17H24FN3O. The molecule has 1 fully saturated rings. The van der Waals surface area contributed by atoms with Gasteiger partial charge in [-0.2, -0.15) is 0 Å². The van der Waals surface area contributed by atoms with Crippen LogP contribution < -0.4 is 4.90 Å². The molecule has 0 aromatic heterocycles. The fraction of sp³-hybridized carbons (Fsp3) is 0.588. The summed E-state index contributed by atoms with van der Waals surface area (Å²) in [5, 5.41) is 0. The van der Waals surface area contributed by atoms with E-state index in [0.717, 1.165) is 63.4 Å². The maximum Gasteiger partial charge on any atom is 0.231 e. The standard InChI is InChI=1S/C17H24FN3O/c1-19-8-10-20(11-9-19)6-2-3-7-21-16-5-4-15(18)12-14(16)13-17(21)22/h4-5,12H,2-3,6-11,13H2,1H3. The van der Waals surface area contributed by atoms with E-state index in [0.29, 0.717) is 6.42 Å². The molecule has 4 nitrogen and oxygen atoms in total. The van der Waals surface area contributed by atoms with Crippen LogP contribution in [0.15, 0.2) is 18.2 Å². The number of halogens is 1. The Morgan fingerprint density at radius 3 is 2.59 bits per heavy atom. The normalized spacial score (nSPS) is 19.7. The molecule has 3 rings (SSSR count). The van der Waals surface area contributed by atoms with Gasteiger partial charge in [-0.1, -0.05) is 0 Å². The van der Waals surface area contributed by atoms with Crippen molar-refractivity contribution in [3.05, 3.63) is 29.6 Å². The van der Waals surface area contributed by atoms with Crippen molar-refractivity contribution in [2.45, 2.75) is 19.3 Å². The molecule has 0 spiro atoms. The highest BCUT2D eigenvalue weighted by molar-refractivity contribution is 6.01. The highest BCUT2D eigenvalue weighted by Crippen LogP contribution is 2.29. The summed E-state index contributed by atoms with van der Waals surface area (Å²) in [5.41, 5.74) is 1.72. The van der Waals surface area contributed by atoms with E-state index in [4.69, 9.17) is 0 Å². The van der Waals surface area contributed by atoms with Crippen molar-refractivity contribution in [3.8, 4) is 0 Å². The lowest BCUT2D eigenvalue weighted by Crippen LogP contribution is -2.44. The average Bonchev–Trinajstić information content (AvgIpc) is 2.80. The van der Waals surface area contributed by atoms with E-state index in [1.807, 2.05) is 4.90 Å². The Morgan fingerprint density at radius 1 is 1.09 bits per heavy atom. The largest absolute Gasteiger partial charge is 0.312 e. The summed E-state index contributed by atoms with van der Waals surface area (Å²) in [6, 6.07) is 4.65. The van der Waals surface area contributed by atoms with Gasteiger partial charge in [0.1, 0.15) is 5.82 Å². The predicted molar refractivity (Wildman–Crippen MR) is 85.6 cm³/mol. The van der Waals surface area contributed by atoms with E-state index in [9.17, 15) is 9.18 Å². The first-order chi connectivity index (χ1) is 10.6. The number of amides is 1. The third-order valence-electron chi connectivity index (χ3n) is 4.68. The summed E-state index contributed by atoms with van der Waals surface area (Å²) in [5.74, 6) is -0.163. The number of nitrogens with zero attached hydrogens (tertiary/aromatic N) is 3. The molecule has 1 saturated heterocycles. The number of unbranched alkanes of at least 4 members (excludes halogenated alkanes) is 1. The van der Waals surface area contributed by atoms with Crippen molar-refractivity contribution < 1.29 is 9.18 Å². The molecule has 0 bridgehead atoms. The van der Waals surface area contributed by atoms with Crippen molar-refractivity contribution in [2.24, 2.45) is 0 Å². The van der Waals surface area contributed by atoms with Crippen molar-refractivity contribution in [1.29, 1.82) is 0 Å². The van der Waals surface area contributed by atoms with E-state index < -0.39 is 0 Å². The second kappa shape index (κ2) is 6.75. The van der Waals surface area contributed by atoms with Gasteiger partial charge in [-0.15, -0.1) is 0 Å². The molecule has 1 amide bonds. The minimum Gasteiger partial charge on any atom is -0.312 e. The lowest BCUT2D eigenvalue weighted by molar-refractivity contribution is -0.117. The van der Waals surface area contributed by atoms with Crippen molar-refractivity contribution in [1.82, 2.24) is 9.80 Å². The molecule has 2 heterocycles. The Kier molecular flexibility index (Phi) is 4.74. The van der Waals surface area contributed by atoms with Gasteiger partial charge in [-0.25, -0.2) is 4.39 Å². The number of likely N-dealkylation sites (N-methyl/N-ethyl adjacent to an activating group) is 1. The highest BCUT2D eigenvalue weighted by Gasteiger charge is 2.26. The van der Waals surface area contributed by atoms with E-state index in [1.54, 1.807) is 6.07 Å². The molecule has 1 aromatic rings. The second-order valence-corrected chi connectivity index (χ2v) is 6.35. The summed E-state index contributed by atoms with van der Waals surface area (Å²) in [4.78, 5) is 18.7. The Morgan fingerprint density at radius 2 is 1.82 bits per heavy atom. The number of piperazine rings is 1. The lowest BCUT2D eigenvalue weighted by Gasteiger charge is -2.32. The van der Waals surface area contributed by atoms with Gasteiger partial charge in [0.25, 0.3) is 0 Å². The molecule has 2 aliphatic rings. The van der Waals surface area contributed by atoms with Crippen LogP contribution in [0.4, 0.5) is 10.1 Å². The van der Waals surface area contributed by atoms with Gasteiger partial charge >= 0.3 is 0 Å². The quantitative estimate of drug-likeness (QED) is 0.775.